The van der Waals surface area contributed by atoms with Crippen LogP contribution in [0.25, 0.3) is 0 Å². The van der Waals surface area contributed by atoms with Crippen LogP contribution in [0.5, 0.6) is 0 Å². The van der Waals surface area contributed by atoms with Gasteiger partial charge in [-0.2, -0.15) is 0 Å². The second-order valence-electron chi connectivity index (χ2n) is 5.46. The molecule has 0 rings (SSSR count). The number of ketones is 8. The Morgan fingerprint density at radius 3 is 0.379 bits per heavy atom. The van der Waals surface area contributed by atoms with Gasteiger partial charge in [0.05, 0.1) is 0 Å². The zero-order valence-electron chi connectivity index (χ0n) is 18.1. The van der Waals surface area contributed by atoms with E-state index in [1.165, 1.54) is 55.4 Å². The van der Waals surface area contributed by atoms with Gasteiger partial charge in [-0.05, 0) is 55.4 Å². The van der Waals surface area contributed by atoms with Crippen LogP contribution < -0.4 is 0 Å². The minimum absolute atomic E-state index is 0. The Morgan fingerprint density at radius 2 is 0.379 bits per heavy atom. The van der Waals surface area contributed by atoms with Crippen LogP contribution in [-0.2, 0) is 64.6 Å². The number of hydrogen-bond donors (Lipinski definition) is 0. The second kappa shape index (κ2) is 23.8. The van der Waals surface area contributed by atoms with Crippen LogP contribution in [0.3, 0.4) is 0 Å². The summed E-state index contributed by atoms with van der Waals surface area (Å²) in [5.74, 6) is -1.50. The van der Waals surface area contributed by atoms with Crippen LogP contribution in [0.15, 0.2) is 0 Å². The van der Waals surface area contributed by atoms with Gasteiger partial charge in [0.2, 0.25) is 0 Å². The summed E-state index contributed by atoms with van der Waals surface area (Å²) in [6, 6.07) is 0. The van der Waals surface area contributed by atoms with Gasteiger partial charge >= 0.3 is 26.2 Å². The SMILES string of the molecule is CC(=O)[CH-]C(C)=O.CC(=O)[CH-]C(C)=O.CC(=O)[CH-]C(C)=O.CC(=O)[CH-]C(C)=O.[Zr+4]. The maximum Gasteiger partial charge on any atom is 4.00 e. The van der Waals surface area contributed by atoms with Crippen LogP contribution >= 0.6 is 0 Å². The van der Waals surface area contributed by atoms with Crippen molar-refractivity contribution >= 4 is 46.3 Å². The summed E-state index contributed by atoms with van der Waals surface area (Å²) < 4.78 is 0. The van der Waals surface area contributed by atoms with Gasteiger partial charge in [0.25, 0.3) is 0 Å². The molecule has 0 aromatic heterocycles. The van der Waals surface area contributed by atoms with E-state index >= 15 is 0 Å². The van der Waals surface area contributed by atoms with Crippen molar-refractivity contribution in [2.75, 3.05) is 0 Å². The first-order valence-corrected chi connectivity index (χ1v) is 7.94. The summed E-state index contributed by atoms with van der Waals surface area (Å²) in [5.41, 5.74) is 0. The van der Waals surface area contributed by atoms with Crippen LogP contribution in [0.2, 0.25) is 0 Å². The van der Waals surface area contributed by atoms with Crippen molar-refractivity contribution in [2.45, 2.75) is 55.4 Å². The summed E-state index contributed by atoms with van der Waals surface area (Å²) in [6.45, 7) is 10.8. The molecule has 0 radical (unpaired) electrons. The maximum atomic E-state index is 9.98. The van der Waals surface area contributed by atoms with Crippen molar-refractivity contribution in [3.8, 4) is 0 Å². The van der Waals surface area contributed by atoms with Gasteiger partial charge in [-0.3, -0.25) is 25.7 Å². The third-order valence-electron chi connectivity index (χ3n) is 1.63. The summed E-state index contributed by atoms with van der Waals surface area (Å²) in [5, 5.41) is 0. The summed E-state index contributed by atoms with van der Waals surface area (Å²) in [6.07, 6.45) is 4.22. The Kier molecular flexibility index (Phi) is 30.7. The summed E-state index contributed by atoms with van der Waals surface area (Å²) in [7, 11) is 0. The Balaban J connectivity index is -0.0000000873. The third-order valence-corrected chi connectivity index (χ3v) is 1.63. The summed E-state index contributed by atoms with van der Waals surface area (Å²) in [4.78, 5) is 79.8. The zero-order valence-corrected chi connectivity index (χ0v) is 20.5. The molecular weight excluding hydrogens is 459 g/mol. The van der Waals surface area contributed by atoms with Crippen LogP contribution in [0.4, 0.5) is 0 Å². The molecule has 0 unspecified atom stereocenters. The van der Waals surface area contributed by atoms with E-state index in [1.807, 2.05) is 0 Å². The van der Waals surface area contributed by atoms with Gasteiger partial charge in [0, 0.05) is 46.3 Å². The average Bonchev–Trinajstić information content (AvgIpc) is 2.32. The monoisotopic (exact) mass is 486 g/mol. The zero-order chi connectivity index (χ0) is 23.4. The molecule has 0 atom stereocenters. The molecule has 29 heavy (non-hydrogen) atoms. The minimum atomic E-state index is -0.187. The quantitative estimate of drug-likeness (QED) is 0.371. The third kappa shape index (κ3) is 76.9. The molecule has 0 heterocycles. The molecule has 0 aromatic carbocycles. The van der Waals surface area contributed by atoms with E-state index < -0.39 is 0 Å². The largest absolute Gasteiger partial charge is 4.00 e. The Hall–Kier alpha value is -2.28. The van der Waals surface area contributed by atoms with Gasteiger partial charge < -0.3 is 38.4 Å². The number of carbonyl (C=O) groups excluding carboxylic acids is 8. The fourth-order valence-corrected chi connectivity index (χ4v) is 1.14. The van der Waals surface area contributed by atoms with E-state index in [2.05, 4.69) is 0 Å². The number of rotatable bonds is 8. The first-order valence-electron chi connectivity index (χ1n) is 7.94. The predicted molar refractivity (Wildman–Crippen MR) is 103 cm³/mol. The molecule has 0 spiro atoms. The smallest absolute Gasteiger partial charge is 0.334 e. The molecule has 0 aromatic rings. The molecule has 0 aliphatic heterocycles. The standard InChI is InChI=1S/4C5H7O2.Zr/c4*1-4(6)3-5(2)7;/h4*3H,1-2H3;/q4*-1;+4. The van der Waals surface area contributed by atoms with Crippen molar-refractivity contribution in [1.29, 1.82) is 0 Å². The van der Waals surface area contributed by atoms with Crippen molar-refractivity contribution in [1.82, 2.24) is 0 Å². The molecule has 0 bridgehead atoms. The topological polar surface area (TPSA) is 137 Å². The van der Waals surface area contributed by atoms with Crippen LogP contribution in [0, 0.1) is 25.7 Å². The van der Waals surface area contributed by atoms with Crippen molar-refractivity contribution in [3.05, 3.63) is 25.7 Å². The molecule has 0 fully saturated rings. The van der Waals surface area contributed by atoms with Crippen molar-refractivity contribution < 1.29 is 64.6 Å². The average molecular weight is 488 g/mol. The number of hydrogen-bond acceptors (Lipinski definition) is 8. The van der Waals surface area contributed by atoms with E-state index in [0.29, 0.717) is 0 Å². The molecule has 0 amide bonds. The first-order chi connectivity index (χ1) is 12.5. The fraction of sp³-hybridized carbons (Fsp3) is 0.400. The molecule has 0 aliphatic rings. The second-order valence-corrected chi connectivity index (χ2v) is 5.46. The van der Waals surface area contributed by atoms with E-state index in [4.69, 9.17) is 0 Å². The molecule has 0 saturated carbocycles. The predicted octanol–water partition coefficient (Wildman–Crippen LogP) is 1.47. The molecule has 160 valence electrons. The maximum absolute atomic E-state index is 9.98. The van der Waals surface area contributed by atoms with Crippen molar-refractivity contribution in [2.24, 2.45) is 0 Å². The van der Waals surface area contributed by atoms with E-state index in [1.54, 1.807) is 0 Å². The molecule has 9 heteroatoms. The van der Waals surface area contributed by atoms with Gasteiger partial charge in [-0.25, -0.2) is 0 Å². The van der Waals surface area contributed by atoms with E-state index in [0.717, 1.165) is 25.7 Å². The van der Waals surface area contributed by atoms with E-state index in [9.17, 15) is 38.4 Å². The number of Topliss-reactive ketones (excluding diaryl/α,β-unsaturated/α-hetero) is 8. The van der Waals surface area contributed by atoms with Gasteiger partial charge in [0.15, 0.2) is 0 Å². The molecule has 0 saturated heterocycles. The van der Waals surface area contributed by atoms with E-state index in [-0.39, 0.29) is 72.5 Å². The Morgan fingerprint density at radius 1 is 0.310 bits per heavy atom. The van der Waals surface area contributed by atoms with Crippen molar-refractivity contribution in [3.63, 3.8) is 0 Å². The number of carbonyl (C=O) groups is 8. The minimum Gasteiger partial charge on any atom is -0.334 e. The van der Waals surface area contributed by atoms with Gasteiger partial charge in [0.1, 0.15) is 0 Å². The summed E-state index contributed by atoms with van der Waals surface area (Å²) >= 11 is 0. The Bertz CT molecular complexity index is 439. The fourth-order valence-electron chi connectivity index (χ4n) is 1.14. The molecular formula is C20H28O8Zr. The normalized spacial score (nSPS) is 7.45. The van der Waals surface area contributed by atoms with Crippen LogP contribution in [-0.4, -0.2) is 46.3 Å². The van der Waals surface area contributed by atoms with Gasteiger partial charge in [-0.15, -0.1) is 0 Å². The van der Waals surface area contributed by atoms with Crippen LogP contribution in [0.1, 0.15) is 55.4 Å². The van der Waals surface area contributed by atoms with Gasteiger partial charge in [-0.1, -0.05) is 0 Å². The first kappa shape index (κ1) is 37.5. The molecule has 0 N–H and O–H groups in total. The molecule has 8 nitrogen and oxygen atoms in total. The molecule has 0 aliphatic carbocycles. The Labute approximate surface area is 191 Å².